The van der Waals surface area contributed by atoms with Crippen molar-refractivity contribution in [3.8, 4) is 5.75 Å². The van der Waals surface area contributed by atoms with E-state index in [0.29, 0.717) is 0 Å². The fraction of sp³-hybridized carbons (Fsp3) is 0.333. The molecule has 0 aliphatic carbocycles. The van der Waals surface area contributed by atoms with Gasteiger partial charge in [-0.05, 0) is 13.0 Å². The van der Waals surface area contributed by atoms with Gasteiger partial charge in [0.2, 0.25) is 0 Å². The quantitative estimate of drug-likeness (QED) is 0.751. The Morgan fingerprint density at radius 3 is 2.20 bits per heavy atom. The van der Waals surface area contributed by atoms with Crippen LogP contribution in [0.3, 0.4) is 0 Å². The van der Waals surface area contributed by atoms with Crippen molar-refractivity contribution < 1.29 is 17.9 Å². The van der Waals surface area contributed by atoms with Crippen molar-refractivity contribution in [3.05, 3.63) is 17.7 Å². The van der Waals surface area contributed by atoms with Crippen LogP contribution in [0, 0.1) is 0 Å². The summed E-state index contributed by atoms with van der Waals surface area (Å²) in [4.78, 5) is 0. The maximum absolute atomic E-state index is 12.5. The van der Waals surface area contributed by atoms with Crippen molar-refractivity contribution in [2.75, 3.05) is 18.1 Å². The molecular weight excluding hydrogens is 209 g/mol. The summed E-state index contributed by atoms with van der Waals surface area (Å²) in [6, 6.07) is 1.86. The lowest BCUT2D eigenvalue weighted by atomic mass is 10.1. The van der Waals surface area contributed by atoms with E-state index in [2.05, 4.69) is 0 Å². The molecule has 0 amide bonds. The van der Waals surface area contributed by atoms with Crippen molar-refractivity contribution in [3.63, 3.8) is 0 Å². The minimum Gasteiger partial charge on any atom is -0.493 e. The normalized spacial score (nSPS) is 11.5. The third-order valence-electron chi connectivity index (χ3n) is 1.79. The van der Waals surface area contributed by atoms with Gasteiger partial charge in [-0.15, -0.1) is 0 Å². The van der Waals surface area contributed by atoms with Crippen molar-refractivity contribution in [1.29, 1.82) is 0 Å². The van der Waals surface area contributed by atoms with Gasteiger partial charge in [0.25, 0.3) is 0 Å². The molecule has 0 heterocycles. The highest BCUT2D eigenvalue weighted by atomic mass is 19.4. The summed E-state index contributed by atoms with van der Waals surface area (Å²) in [6.45, 7) is 1.72. The van der Waals surface area contributed by atoms with Crippen LogP contribution in [0.25, 0.3) is 0 Å². The summed E-state index contributed by atoms with van der Waals surface area (Å²) >= 11 is 0. The van der Waals surface area contributed by atoms with E-state index < -0.39 is 11.7 Å². The van der Waals surface area contributed by atoms with Crippen molar-refractivity contribution in [2.24, 2.45) is 0 Å². The molecule has 84 valence electrons. The van der Waals surface area contributed by atoms with E-state index in [1.54, 1.807) is 6.92 Å². The van der Waals surface area contributed by atoms with Crippen LogP contribution in [0.15, 0.2) is 12.1 Å². The number of hydrogen-bond donors (Lipinski definition) is 2. The zero-order chi connectivity index (χ0) is 11.6. The van der Waals surface area contributed by atoms with E-state index in [4.69, 9.17) is 16.2 Å². The average Bonchev–Trinajstić information content (AvgIpc) is 2.09. The van der Waals surface area contributed by atoms with E-state index >= 15 is 0 Å². The highest BCUT2D eigenvalue weighted by Gasteiger charge is 2.35. The third-order valence-corrected chi connectivity index (χ3v) is 1.79. The lowest BCUT2D eigenvalue weighted by molar-refractivity contribution is -0.138. The van der Waals surface area contributed by atoms with Crippen LogP contribution in [0.5, 0.6) is 5.75 Å². The predicted octanol–water partition coefficient (Wildman–Crippen LogP) is 2.27. The van der Waals surface area contributed by atoms with Gasteiger partial charge < -0.3 is 16.2 Å². The molecule has 4 N–H and O–H groups in total. The highest BCUT2D eigenvalue weighted by molar-refractivity contribution is 5.68. The van der Waals surface area contributed by atoms with Gasteiger partial charge in [0.05, 0.1) is 23.5 Å². The topological polar surface area (TPSA) is 61.3 Å². The molecule has 1 aromatic rings. The van der Waals surface area contributed by atoms with Gasteiger partial charge in [0, 0.05) is 6.07 Å². The van der Waals surface area contributed by atoms with Crippen LogP contribution in [0.4, 0.5) is 24.5 Å². The molecule has 0 aromatic heterocycles. The first-order valence-electron chi connectivity index (χ1n) is 4.25. The molecule has 6 heteroatoms. The van der Waals surface area contributed by atoms with Crippen LogP contribution in [0.2, 0.25) is 0 Å². The summed E-state index contributed by atoms with van der Waals surface area (Å²) in [5.74, 6) is -0.295. The Hall–Kier alpha value is -1.59. The van der Waals surface area contributed by atoms with Crippen LogP contribution in [0.1, 0.15) is 12.5 Å². The molecule has 3 nitrogen and oxygen atoms in total. The second-order valence-electron chi connectivity index (χ2n) is 2.91. The van der Waals surface area contributed by atoms with Crippen molar-refractivity contribution in [2.45, 2.75) is 13.1 Å². The first-order valence-corrected chi connectivity index (χ1v) is 4.25. The molecule has 0 aliphatic rings. The minimum absolute atomic E-state index is 0.0754. The molecule has 15 heavy (non-hydrogen) atoms. The number of hydrogen-bond acceptors (Lipinski definition) is 3. The number of nitrogen functional groups attached to an aromatic ring is 2. The first kappa shape index (κ1) is 11.5. The van der Waals surface area contributed by atoms with Crippen LogP contribution < -0.4 is 16.2 Å². The van der Waals surface area contributed by atoms with Crippen molar-refractivity contribution in [1.82, 2.24) is 0 Å². The van der Waals surface area contributed by atoms with Gasteiger partial charge in [-0.25, -0.2) is 0 Å². The van der Waals surface area contributed by atoms with Gasteiger partial charge in [0.1, 0.15) is 5.75 Å². The summed E-state index contributed by atoms with van der Waals surface area (Å²) in [6.07, 6.45) is -4.49. The van der Waals surface area contributed by atoms with Crippen molar-refractivity contribution >= 4 is 11.4 Å². The second-order valence-corrected chi connectivity index (χ2v) is 2.91. The Morgan fingerprint density at radius 2 is 1.73 bits per heavy atom. The number of rotatable bonds is 2. The zero-order valence-electron chi connectivity index (χ0n) is 8.06. The van der Waals surface area contributed by atoms with E-state index in [1.807, 2.05) is 0 Å². The number of alkyl halides is 3. The summed E-state index contributed by atoms with van der Waals surface area (Å²) in [5.41, 5.74) is 9.76. The Bertz CT molecular complexity index is 363. The Morgan fingerprint density at radius 1 is 1.20 bits per heavy atom. The minimum atomic E-state index is -4.49. The molecule has 0 bridgehead atoms. The first-order chi connectivity index (χ1) is 6.86. The summed E-state index contributed by atoms with van der Waals surface area (Å²) in [7, 11) is 0. The Balaban J connectivity index is 3.28. The van der Waals surface area contributed by atoms with Gasteiger partial charge in [-0.1, -0.05) is 0 Å². The molecular formula is C9H11F3N2O. The Kier molecular flexibility index (Phi) is 2.97. The molecule has 0 radical (unpaired) electrons. The third kappa shape index (κ3) is 2.45. The number of benzene rings is 1. The molecule has 0 unspecified atom stereocenters. The van der Waals surface area contributed by atoms with E-state index in [0.717, 1.165) is 12.1 Å². The number of ether oxygens (including phenoxy) is 1. The van der Waals surface area contributed by atoms with Gasteiger partial charge in [0.15, 0.2) is 0 Å². The maximum Gasteiger partial charge on any atom is 0.420 e. The standard InChI is InChI=1S/C9H11F3N2O/c1-2-15-8-4-7(14)6(13)3-5(8)9(10,11)12/h3-4H,2,13-14H2,1H3. The average molecular weight is 220 g/mol. The molecule has 0 atom stereocenters. The summed E-state index contributed by atoms with van der Waals surface area (Å²) < 4.78 is 42.4. The maximum atomic E-state index is 12.5. The fourth-order valence-electron chi connectivity index (χ4n) is 1.11. The SMILES string of the molecule is CCOc1cc(N)c(N)cc1C(F)(F)F. The smallest absolute Gasteiger partial charge is 0.420 e. The van der Waals surface area contributed by atoms with Gasteiger partial charge in [-0.2, -0.15) is 13.2 Å². The molecule has 0 fully saturated rings. The molecule has 0 saturated heterocycles. The van der Waals surface area contributed by atoms with Crippen LogP contribution in [-0.2, 0) is 6.18 Å². The molecule has 1 rings (SSSR count). The molecule has 1 aromatic carbocycles. The van der Waals surface area contributed by atoms with Crippen LogP contribution >= 0.6 is 0 Å². The lowest BCUT2D eigenvalue weighted by Gasteiger charge is -2.14. The van der Waals surface area contributed by atoms with Gasteiger partial charge >= 0.3 is 6.18 Å². The van der Waals surface area contributed by atoms with E-state index in [9.17, 15) is 13.2 Å². The predicted molar refractivity (Wildman–Crippen MR) is 51.4 cm³/mol. The number of anilines is 2. The number of nitrogens with two attached hydrogens (primary N) is 2. The van der Waals surface area contributed by atoms with E-state index in [1.165, 1.54) is 0 Å². The summed E-state index contributed by atoms with van der Waals surface area (Å²) in [5, 5.41) is 0. The molecule has 0 aliphatic heterocycles. The van der Waals surface area contributed by atoms with Crippen LogP contribution in [-0.4, -0.2) is 6.61 Å². The molecule has 0 saturated carbocycles. The second kappa shape index (κ2) is 3.88. The highest BCUT2D eigenvalue weighted by Crippen LogP contribution is 2.39. The fourth-order valence-corrected chi connectivity index (χ4v) is 1.11. The number of halogens is 3. The largest absolute Gasteiger partial charge is 0.493 e. The lowest BCUT2D eigenvalue weighted by Crippen LogP contribution is -2.10. The zero-order valence-corrected chi connectivity index (χ0v) is 8.06. The Labute approximate surface area is 84.8 Å². The van der Waals surface area contributed by atoms with Gasteiger partial charge in [-0.3, -0.25) is 0 Å². The molecule has 0 spiro atoms. The monoisotopic (exact) mass is 220 g/mol. The van der Waals surface area contributed by atoms with E-state index in [-0.39, 0.29) is 23.7 Å².